The van der Waals surface area contributed by atoms with Crippen LogP contribution in [0.2, 0.25) is 0 Å². The first-order valence-corrected chi connectivity index (χ1v) is 9.62. The van der Waals surface area contributed by atoms with Gasteiger partial charge in [0, 0.05) is 65.8 Å². The van der Waals surface area contributed by atoms with Crippen LogP contribution in [0.3, 0.4) is 0 Å². The average Bonchev–Trinajstić information content (AvgIpc) is 2.57. The molecule has 152 valence electrons. The largest absolute Gasteiger partial charge is 0.370 e. The number of carbonyl (C=O) groups excluding carboxylic acids is 1. The molecule has 3 N–H and O–H groups in total. The third kappa shape index (κ3) is 7.96. The number of rotatable bonds is 6. The first-order chi connectivity index (χ1) is 12.0. The van der Waals surface area contributed by atoms with Crippen LogP contribution in [-0.2, 0) is 4.79 Å². The van der Waals surface area contributed by atoms with E-state index in [0.717, 1.165) is 71.2 Å². The molecule has 2 rings (SSSR count). The van der Waals surface area contributed by atoms with Crippen LogP contribution >= 0.6 is 24.0 Å². The maximum absolute atomic E-state index is 11.2. The lowest BCUT2D eigenvalue weighted by Gasteiger charge is -2.36. The molecule has 2 saturated heterocycles. The quantitative estimate of drug-likeness (QED) is 0.332. The predicted octanol–water partition coefficient (Wildman–Crippen LogP) is 0.651. The van der Waals surface area contributed by atoms with Gasteiger partial charge in [-0.15, -0.1) is 24.0 Å². The lowest BCUT2D eigenvalue weighted by molar-refractivity contribution is -0.119. The molecule has 0 bridgehead atoms. The van der Waals surface area contributed by atoms with E-state index >= 15 is 0 Å². The predicted molar refractivity (Wildman–Crippen MR) is 118 cm³/mol. The SMILES string of the molecule is CN=C(NCC(C)CN1CCN(C)CC1)N1CCCC(CC(N)=O)C1.I. The Hall–Kier alpha value is -0.610. The van der Waals surface area contributed by atoms with Gasteiger partial charge < -0.3 is 25.8 Å². The van der Waals surface area contributed by atoms with Gasteiger partial charge in [-0.25, -0.2) is 0 Å². The summed E-state index contributed by atoms with van der Waals surface area (Å²) in [4.78, 5) is 22.9. The number of guanidine groups is 1. The number of piperidine rings is 1. The third-order valence-corrected chi connectivity index (χ3v) is 5.29. The van der Waals surface area contributed by atoms with Gasteiger partial charge in [0.2, 0.25) is 5.91 Å². The van der Waals surface area contributed by atoms with Gasteiger partial charge in [0.1, 0.15) is 0 Å². The maximum Gasteiger partial charge on any atom is 0.217 e. The highest BCUT2D eigenvalue weighted by Gasteiger charge is 2.24. The molecule has 2 aliphatic heterocycles. The van der Waals surface area contributed by atoms with Crippen molar-refractivity contribution in [2.24, 2.45) is 22.6 Å². The molecule has 8 heteroatoms. The number of aliphatic imine (C=N–C) groups is 1. The molecule has 2 aliphatic rings. The number of likely N-dealkylation sites (tertiary alicyclic amines) is 1. The summed E-state index contributed by atoms with van der Waals surface area (Å²) < 4.78 is 0. The van der Waals surface area contributed by atoms with Gasteiger partial charge in [0.05, 0.1) is 0 Å². The number of piperazine rings is 1. The van der Waals surface area contributed by atoms with E-state index in [0.29, 0.717) is 18.3 Å². The molecule has 0 radical (unpaired) electrons. The van der Waals surface area contributed by atoms with Gasteiger partial charge in [0.15, 0.2) is 5.96 Å². The lowest BCUT2D eigenvalue weighted by Crippen LogP contribution is -2.50. The summed E-state index contributed by atoms with van der Waals surface area (Å²) in [5, 5.41) is 3.53. The van der Waals surface area contributed by atoms with Crippen LogP contribution < -0.4 is 11.1 Å². The van der Waals surface area contributed by atoms with Gasteiger partial charge >= 0.3 is 0 Å². The molecule has 0 aromatic carbocycles. The normalized spacial score (nSPS) is 24.0. The molecule has 2 atom stereocenters. The smallest absolute Gasteiger partial charge is 0.217 e. The minimum Gasteiger partial charge on any atom is -0.370 e. The maximum atomic E-state index is 11.2. The second kappa shape index (κ2) is 12.0. The molecule has 0 aromatic heterocycles. The topological polar surface area (TPSA) is 77.2 Å². The first-order valence-electron chi connectivity index (χ1n) is 9.62. The van der Waals surface area contributed by atoms with Crippen LogP contribution in [0.4, 0.5) is 0 Å². The third-order valence-electron chi connectivity index (χ3n) is 5.29. The van der Waals surface area contributed by atoms with Crippen LogP contribution in [0.25, 0.3) is 0 Å². The van der Waals surface area contributed by atoms with Crippen molar-refractivity contribution in [3.8, 4) is 0 Å². The fraction of sp³-hybridized carbons (Fsp3) is 0.889. The first kappa shape index (κ1) is 23.4. The van der Waals surface area contributed by atoms with Crippen LogP contribution in [0.1, 0.15) is 26.2 Å². The molecule has 0 aromatic rings. The van der Waals surface area contributed by atoms with E-state index in [9.17, 15) is 4.79 Å². The van der Waals surface area contributed by atoms with Crippen molar-refractivity contribution in [3.05, 3.63) is 0 Å². The number of carbonyl (C=O) groups is 1. The summed E-state index contributed by atoms with van der Waals surface area (Å²) in [6.07, 6.45) is 2.65. The summed E-state index contributed by atoms with van der Waals surface area (Å²) in [5.41, 5.74) is 5.36. The Morgan fingerprint density at radius 1 is 1.27 bits per heavy atom. The minimum absolute atomic E-state index is 0. The Morgan fingerprint density at radius 2 is 1.96 bits per heavy atom. The fourth-order valence-corrected chi connectivity index (χ4v) is 3.84. The van der Waals surface area contributed by atoms with E-state index < -0.39 is 0 Å². The Bertz CT molecular complexity index is 453. The molecule has 0 saturated carbocycles. The number of halogens is 1. The number of likely N-dealkylation sites (N-methyl/N-ethyl adjacent to an activating group) is 1. The van der Waals surface area contributed by atoms with Gasteiger partial charge in [-0.2, -0.15) is 0 Å². The van der Waals surface area contributed by atoms with Crippen molar-refractivity contribution >= 4 is 35.8 Å². The summed E-state index contributed by atoms with van der Waals surface area (Å²) >= 11 is 0. The van der Waals surface area contributed by atoms with Gasteiger partial charge in [-0.1, -0.05) is 6.92 Å². The van der Waals surface area contributed by atoms with Crippen molar-refractivity contribution in [2.45, 2.75) is 26.2 Å². The number of nitrogens with zero attached hydrogens (tertiary/aromatic N) is 4. The average molecular weight is 480 g/mol. The lowest BCUT2D eigenvalue weighted by atomic mass is 9.95. The van der Waals surface area contributed by atoms with Crippen molar-refractivity contribution in [2.75, 3.05) is 66.5 Å². The summed E-state index contributed by atoms with van der Waals surface area (Å²) in [7, 11) is 4.03. The molecule has 26 heavy (non-hydrogen) atoms. The van der Waals surface area contributed by atoms with Crippen molar-refractivity contribution < 1.29 is 4.79 Å². The van der Waals surface area contributed by atoms with E-state index in [1.54, 1.807) is 0 Å². The summed E-state index contributed by atoms with van der Waals surface area (Å²) in [6, 6.07) is 0. The van der Waals surface area contributed by atoms with Crippen molar-refractivity contribution in [3.63, 3.8) is 0 Å². The van der Waals surface area contributed by atoms with E-state index in [1.807, 2.05) is 7.05 Å². The number of nitrogens with one attached hydrogen (secondary N) is 1. The number of amides is 1. The van der Waals surface area contributed by atoms with Crippen LogP contribution in [0, 0.1) is 11.8 Å². The molecule has 2 fully saturated rings. The molecule has 7 nitrogen and oxygen atoms in total. The molecular weight excluding hydrogens is 443 g/mol. The van der Waals surface area contributed by atoms with Gasteiger partial charge in [0.25, 0.3) is 0 Å². The van der Waals surface area contributed by atoms with Crippen LogP contribution in [0.5, 0.6) is 0 Å². The van der Waals surface area contributed by atoms with E-state index in [4.69, 9.17) is 5.73 Å². The van der Waals surface area contributed by atoms with E-state index in [1.165, 1.54) is 0 Å². The molecular formula is C18H37IN6O. The fourth-order valence-electron chi connectivity index (χ4n) is 3.84. The van der Waals surface area contributed by atoms with Crippen LogP contribution in [-0.4, -0.2) is 93.0 Å². The Balaban J connectivity index is 0.00000338. The van der Waals surface area contributed by atoms with Crippen LogP contribution in [0.15, 0.2) is 4.99 Å². The number of primary amides is 1. The minimum atomic E-state index is -0.199. The molecule has 1 amide bonds. The second-order valence-corrected chi connectivity index (χ2v) is 7.76. The van der Waals surface area contributed by atoms with Gasteiger partial charge in [-0.05, 0) is 31.7 Å². The number of hydrogen-bond acceptors (Lipinski definition) is 4. The number of hydrogen-bond donors (Lipinski definition) is 2. The Morgan fingerprint density at radius 3 is 2.58 bits per heavy atom. The van der Waals surface area contributed by atoms with Gasteiger partial charge in [-0.3, -0.25) is 9.79 Å². The Kier molecular flexibility index (Phi) is 10.8. The zero-order chi connectivity index (χ0) is 18.2. The highest BCUT2D eigenvalue weighted by atomic mass is 127. The highest BCUT2D eigenvalue weighted by molar-refractivity contribution is 14.0. The molecule has 0 aliphatic carbocycles. The summed E-state index contributed by atoms with van der Waals surface area (Å²) in [5.74, 6) is 1.69. The Labute approximate surface area is 175 Å². The van der Waals surface area contributed by atoms with E-state index in [-0.39, 0.29) is 29.9 Å². The zero-order valence-electron chi connectivity index (χ0n) is 16.6. The second-order valence-electron chi connectivity index (χ2n) is 7.76. The molecule has 2 heterocycles. The standard InChI is InChI=1S/C18H36N6O.HI/c1-15(13-23-9-7-22(3)8-10-23)12-21-18(20-2)24-6-4-5-16(14-24)11-17(19)25;/h15-16H,4-14H2,1-3H3,(H2,19,25)(H,20,21);1H. The molecule has 0 spiro atoms. The molecule has 2 unspecified atom stereocenters. The number of nitrogens with two attached hydrogens (primary N) is 1. The monoisotopic (exact) mass is 480 g/mol. The zero-order valence-corrected chi connectivity index (χ0v) is 18.9. The van der Waals surface area contributed by atoms with Crippen molar-refractivity contribution in [1.29, 1.82) is 0 Å². The summed E-state index contributed by atoms with van der Waals surface area (Å²) in [6.45, 7) is 10.9. The van der Waals surface area contributed by atoms with E-state index in [2.05, 4.69) is 39.0 Å². The van der Waals surface area contributed by atoms with Crippen molar-refractivity contribution in [1.82, 2.24) is 20.0 Å². The highest BCUT2D eigenvalue weighted by Crippen LogP contribution is 2.19.